The molecule has 4 amide bonds. The van der Waals surface area contributed by atoms with E-state index in [1.165, 1.54) is 0 Å². The van der Waals surface area contributed by atoms with Crippen LogP contribution in [0, 0.1) is 5.92 Å². The molecular weight excluding hydrogens is 342 g/mol. The molecule has 6 nitrogen and oxygen atoms in total. The van der Waals surface area contributed by atoms with Gasteiger partial charge in [-0.1, -0.05) is 37.6 Å². The summed E-state index contributed by atoms with van der Waals surface area (Å²) in [6, 6.07) is 6.61. The van der Waals surface area contributed by atoms with Crippen LogP contribution in [0.15, 0.2) is 24.3 Å². The molecule has 0 spiro atoms. The average molecular weight is 366 g/mol. The van der Waals surface area contributed by atoms with Crippen molar-refractivity contribution in [1.29, 1.82) is 0 Å². The van der Waals surface area contributed by atoms with E-state index in [1.54, 1.807) is 25.1 Å². The SMILES string of the molecule is CC(C)CC[C@]1(C)NC(=O)N(CC(=O)NCc2cccc(Cl)c2)C1=O. The van der Waals surface area contributed by atoms with Crippen molar-refractivity contribution in [2.24, 2.45) is 5.92 Å². The maximum Gasteiger partial charge on any atom is 0.325 e. The average Bonchev–Trinajstić information content (AvgIpc) is 2.75. The minimum absolute atomic E-state index is 0.285. The van der Waals surface area contributed by atoms with Gasteiger partial charge < -0.3 is 10.6 Å². The molecule has 0 aromatic heterocycles. The molecule has 7 heteroatoms. The van der Waals surface area contributed by atoms with Crippen molar-refractivity contribution in [2.75, 3.05) is 6.54 Å². The van der Waals surface area contributed by atoms with E-state index < -0.39 is 17.5 Å². The summed E-state index contributed by atoms with van der Waals surface area (Å²) in [6.45, 7) is 5.83. The molecule has 1 aromatic carbocycles. The summed E-state index contributed by atoms with van der Waals surface area (Å²) < 4.78 is 0. The lowest BCUT2D eigenvalue weighted by molar-refractivity contribution is -0.134. The summed E-state index contributed by atoms with van der Waals surface area (Å²) >= 11 is 5.90. The minimum atomic E-state index is -0.936. The van der Waals surface area contributed by atoms with Crippen molar-refractivity contribution >= 4 is 29.4 Å². The fourth-order valence-corrected chi connectivity index (χ4v) is 2.90. The van der Waals surface area contributed by atoms with Crippen LogP contribution in [0.25, 0.3) is 0 Å². The zero-order valence-corrected chi connectivity index (χ0v) is 15.5. The first kappa shape index (κ1) is 19.2. The monoisotopic (exact) mass is 365 g/mol. The van der Waals surface area contributed by atoms with Gasteiger partial charge >= 0.3 is 6.03 Å². The predicted molar refractivity (Wildman–Crippen MR) is 96.0 cm³/mol. The molecule has 1 saturated heterocycles. The highest BCUT2D eigenvalue weighted by molar-refractivity contribution is 6.30. The molecule has 0 unspecified atom stereocenters. The first-order valence-electron chi connectivity index (χ1n) is 8.36. The van der Waals surface area contributed by atoms with Gasteiger partial charge in [-0.05, 0) is 43.4 Å². The number of carbonyl (C=O) groups excluding carboxylic acids is 3. The summed E-state index contributed by atoms with van der Waals surface area (Å²) in [6.07, 6.45) is 1.37. The van der Waals surface area contributed by atoms with Crippen LogP contribution in [0.2, 0.25) is 5.02 Å². The largest absolute Gasteiger partial charge is 0.350 e. The van der Waals surface area contributed by atoms with Gasteiger partial charge in [-0.15, -0.1) is 0 Å². The summed E-state index contributed by atoms with van der Waals surface area (Å²) in [7, 11) is 0. The number of rotatable bonds is 7. The second kappa shape index (κ2) is 7.87. The van der Waals surface area contributed by atoms with E-state index >= 15 is 0 Å². The van der Waals surface area contributed by atoms with Crippen molar-refractivity contribution in [1.82, 2.24) is 15.5 Å². The third-order valence-corrected chi connectivity index (χ3v) is 4.48. The minimum Gasteiger partial charge on any atom is -0.350 e. The van der Waals surface area contributed by atoms with E-state index in [1.807, 2.05) is 6.07 Å². The maximum absolute atomic E-state index is 12.5. The highest BCUT2D eigenvalue weighted by Gasteiger charge is 2.47. The number of imide groups is 1. The summed E-state index contributed by atoms with van der Waals surface area (Å²) in [5, 5.41) is 6.00. The summed E-state index contributed by atoms with van der Waals surface area (Å²) in [4.78, 5) is 37.7. The maximum atomic E-state index is 12.5. The van der Waals surface area contributed by atoms with Crippen LogP contribution in [-0.2, 0) is 16.1 Å². The standard InChI is InChI=1S/C18H24ClN3O3/c1-12(2)7-8-18(3)16(24)22(17(25)21-18)11-15(23)20-10-13-5-4-6-14(19)9-13/h4-6,9,12H,7-8,10-11H2,1-3H3,(H,20,23)(H,21,25)/t18-/m0/s1. The van der Waals surface area contributed by atoms with Crippen LogP contribution in [0.5, 0.6) is 0 Å². The van der Waals surface area contributed by atoms with Crippen LogP contribution in [-0.4, -0.2) is 34.8 Å². The highest BCUT2D eigenvalue weighted by Crippen LogP contribution is 2.24. The van der Waals surface area contributed by atoms with E-state index in [2.05, 4.69) is 24.5 Å². The van der Waals surface area contributed by atoms with Crippen LogP contribution in [0.3, 0.4) is 0 Å². The number of urea groups is 1. The molecule has 0 bridgehead atoms. The molecule has 1 aliphatic heterocycles. The second-order valence-corrected chi connectivity index (χ2v) is 7.43. The molecule has 2 rings (SSSR count). The van der Waals surface area contributed by atoms with Gasteiger partial charge in [0.05, 0.1) is 0 Å². The van der Waals surface area contributed by atoms with E-state index in [-0.39, 0.29) is 19.0 Å². The smallest absolute Gasteiger partial charge is 0.325 e. The molecule has 1 atom stereocenters. The molecule has 0 aliphatic carbocycles. The molecule has 1 fully saturated rings. The van der Waals surface area contributed by atoms with Gasteiger partial charge in [0.1, 0.15) is 12.1 Å². The fourth-order valence-electron chi connectivity index (χ4n) is 2.68. The first-order valence-corrected chi connectivity index (χ1v) is 8.74. The Balaban J connectivity index is 1.91. The number of hydrogen-bond donors (Lipinski definition) is 2. The van der Waals surface area contributed by atoms with Gasteiger partial charge in [0, 0.05) is 11.6 Å². The molecule has 0 saturated carbocycles. The van der Waals surface area contributed by atoms with Gasteiger partial charge in [0.15, 0.2) is 0 Å². The van der Waals surface area contributed by atoms with Gasteiger partial charge in [-0.25, -0.2) is 4.79 Å². The molecule has 136 valence electrons. The Labute approximate surface area is 152 Å². The quantitative estimate of drug-likeness (QED) is 0.729. The Morgan fingerprint density at radius 1 is 1.36 bits per heavy atom. The number of benzene rings is 1. The Morgan fingerprint density at radius 3 is 2.72 bits per heavy atom. The zero-order valence-electron chi connectivity index (χ0n) is 14.8. The molecule has 1 heterocycles. The number of nitrogens with zero attached hydrogens (tertiary/aromatic N) is 1. The van der Waals surface area contributed by atoms with Crippen molar-refractivity contribution in [3.05, 3.63) is 34.9 Å². The highest BCUT2D eigenvalue weighted by atomic mass is 35.5. The second-order valence-electron chi connectivity index (χ2n) is 6.99. The summed E-state index contributed by atoms with van der Waals surface area (Å²) in [5.41, 5.74) is -0.0889. The molecule has 2 N–H and O–H groups in total. The van der Waals surface area contributed by atoms with E-state index in [0.717, 1.165) is 16.9 Å². The lowest BCUT2D eigenvalue weighted by Gasteiger charge is -2.22. The number of nitrogens with one attached hydrogen (secondary N) is 2. The fraction of sp³-hybridized carbons (Fsp3) is 0.500. The lowest BCUT2D eigenvalue weighted by Crippen LogP contribution is -2.45. The normalized spacial score (nSPS) is 20.1. The molecular formula is C18H24ClN3O3. The van der Waals surface area contributed by atoms with Crippen molar-refractivity contribution in [3.8, 4) is 0 Å². The van der Waals surface area contributed by atoms with E-state index in [9.17, 15) is 14.4 Å². The number of carbonyl (C=O) groups is 3. The van der Waals surface area contributed by atoms with Gasteiger partial charge in [-0.3, -0.25) is 14.5 Å². The first-order chi connectivity index (χ1) is 11.7. The van der Waals surface area contributed by atoms with Crippen molar-refractivity contribution in [2.45, 2.75) is 45.7 Å². The van der Waals surface area contributed by atoms with Crippen LogP contribution in [0.4, 0.5) is 4.79 Å². The van der Waals surface area contributed by atoms with Crippen molar-refractivity contribution < 1.29 is 14.4 Å². The Bertz CT molecular complexity index is 677. The molecule has 1 aromatic rings. The topological polar surface area (TPSA) is 78.5 Å². The molecule has 0 radical (unpaired) electrons. The van der Waals surface area contributed by atoms with Crippen LogP contribution in [0.1, 0.15) is 39.2 Å². The van der Waals surface area contributed by atoms with Gasteiger partial charge in [0.25, 0.3) is 5.91 Å². The Hall–Kier alpha value is -2.08. The van der Waals surface area contributed by atoms with Crippen molar-refractivity contribution in [3.63, 3.8) is 0 Å². The van der Waals surface area contributed by atoms with Crippen LogP contribution < -0.4 is 10.6 Å². The molecule has 25 heavy (non-hydrogen) atoms. The molecule has 1 aliphatic rings. The lowest BCUT2D eigenvalue weighted by atomic mass is 9.92. The predicted octanol–water partition coefficient (Wildman–Crippen LogP) is 2.70. The Morgan fingerprint density at radius 2 is 2.08 bits per heavy atom. The number of halogens is 1. The number of hydrogen-bond acceptors (Lipinski definition) is 3. The zero-order chi connectivity index (χ0) is 18.6. The Kier molecular flexibility index (Phi) is 6.06. The van der Waals surface area contributed by atoms with E-state index in [4.69, 9.17) is 11.6 Å². The summed E-state index contributed by atoms with van der Waals surface area (Å²) in [5.74, 6) is -0.316. The van der Waals surface area contributed by atoms with Crippen LogP contribution >= 0.6 is 11.6 Å². The third-order valence-electron chi connectivity index (χ3n) is 4.25. The van der Waals surface area contributed by atoms with Gasteiger partial charge in [-0.2, -0.15) is 0 Å². The van der Waals surface area contributed by atoms with Gasteiger partial charge in [0.2, 0.25) is 5.91 Å². The number of amides is 4. The third kappa shape index (κ3) is 4.95. The van der Waals surface area contributed by atoms with E-state index in [0.29, 0.717) is 17.4 Å².